The van der Waals surface area contributed by atoms with Gasteiger partial charge in [0.25, 0.3) is 0 Å². The third-order valence-electron chi connectivity index (χ3n) is 3.78. The van der Waals surface area contributed by atoms with Crippen LogP contribution >= 0.6 is 0 Å². The third-order valence-corrected chi connectivity index (χ3v) is 3.78. The number of para-hydroxylation sites is 1. The van der Waals surface area contributed by atoms with Crippen molar-refractivity contribution in [3.05, 3.63) is 72.6 Å². The predicted octanol–water partition coefficient (Wildman–Crippen LogP) is 3.72. The zero-order chi connectivity index (χ0) is 17.9. The van der Waals surface area contributed by atoms with Crippen LogP contribution in [0.15, 0.2) is 66.9 Å². The largest absolute Gasteiger partial charge is 0.437 e. The number of carbonyl (C=O) groups is 1. The molecule has 0 N–H and O–H groups in total. The molecule has 3 aromatic heterocycles. The normalized spacial score (nSPS) is 10.8. The van der Waals surface area contributed by atoms with Crippen LogP contribution in [0.2, 0.25) is 0 Å². The molecule has 0 aliphatic carbocycles. The Bertz CT molecular complexity index is 1070. The summed E-state index contributed by atoms with van der Waals surface area (Å²) in [5.41, 5.74) is 2.05. The van der Waals surface area contributed by atoms with Crippen molar-refractivity contribution < 1.29 is 9.53 Å². The molecule has 3 heterocycles. The summed E-state index contributed by atoms with van der Waals surface area (Å²) in [7, 11) is 0. The summed E-state index contributed by atoms with van der Waals surface area (Å²) in [6, 6.07) is 18.7. The number of hydrogen-bond donors (Lipinski definition) is 0. The van der Waals surface area contributed by atoms with E-state index < -0.39 is 0 Å². The molecule has 0 spiro atoms. The van der Waals surface area contributed by atoms with Crippen molar-refractivity contribution in [1.29, 1.82) is 0 Å². The Labute approximate surface area is 150 Å². The van der Waals surface area contributed by atoms with Crippen molar-refractivity contribution in [3.8, 4) is 23.1 Å². The van der Waals surface area contributed by atoms with Crippen LogP contribution in [0.4, 0.5) is 0 Å². The Morgan fingerprint density at radius 1 is 1.00 bits per heavy atom. The van der Waals surface area contributed by atoms with Gasteiger partial charge in [0.1, 0.15) is 22.7 Å². The molecule has 4 rings (SSSR count). The molecule has 6 nitrogen and oxygen atoms in total. The molecular weight excluding hydrogens is 328 g/mol. The Balaban J connectivity index is 1.78. The molecule has 1 aromatic carbocycles. The Hall–Kier alpha value is -3.54. The fourth-order valence-corrected chi connectivity index (χ4v) is 2.65. The van der Waals surface area contributed by atoms with Crippen molar-refractivity contribution in [2.24, 2.45) is 0 Å². The number of Topliss-reactive ketones (excluding diaryl/α,β-unsaturated/α-hetero) is 1. The van der Waals surface area contributed by atoms with Gasteiger partial charge in [-0.05, 0) is 43.3 Å². The zero-order valence-corrected chi connectivity index (χ0v) is 14.2. The maximum atomic E-state index is 11.4. The zero-order valence-electron chi connectivity index (χ0n) is 14.2. The highest BCUT2D eigenvalue weighted by Crippen LogP contribution is 2.26. The molecule has 128 valence electrons. The van der Waals surface area contributed by atoms with E-state index in [2.05, 4.69) is 15.1 Å². The molecule has 0 amide bonds. The minimum Gasteiger partial charge on any atom is -0.437 e. The summed E-state index contributed by atoms with van der Waals surface area (Å²) in [6.07, 6.45) is 2.12. The average Bonchev–Trinajstić information content (AvgIpc) is 3.11. The number of hydrogen-bond acceptors (Lipinski definition) is 5. The maximum absolute atomic E-state index is 11.4. The molecule has 6 heteroatoms. The van der Waals surface area contributed by atoms with E-state index in [0.717, 1.165) is 5.52 Å². The molecular formula is C20H16N4O2. The molecule has 0 atom stereocenters. The lowest BCUT2D eigenvalue weighted by atomic mass is 10.2. The number of benzene rings is 1. The topological polar surface area (TPSA) is 69.4 Å². The van der Waals surface area contributed by atoms with Gasteiger partial charge in [0, 0.05) is 18.3 Å². The van der Waals surface area contributed by atoms with E-state index in [1.165, 1.54) is 0 Å². The first-order chi connectivity index (χ1) is 12.7. The first kappa shape index (κ1) is 16.0. The van der Waals surface area contributed by atoms with Gasteiger partial charge >= 0.3 is 0 Å². The first-order valence-electron chi connectivity index (χ1n) is 8.23. The highest BCUT2D eigenvalue weighted by Gasteiger charge is 2.13. The molecule has 0 saturated carbocycles. The van der Waals surface area contributed by atoms with Crippen LogP contribution in [0.25, 0.3) is 17.0 Å². The van der Waals surface area contributed by atoms with Gasteiger partial charge in [0.2, 0.25) is 11.7 Å². The first-order valence-corrected chi connectivity index (χ1v) is 8.23. The Kier molecular flexibility index (Phi) is 4.15. The number of fused-ring (bicyclic) bond motifs is 1. The van der Waals surface area contributed by atoms with Gasteiger partial charge in [0.05, 0.1) is 0 Å². The average molecular weight is 344 g/mol. The van der Waals surface area contributed by atoms with Crippen LogP contribution in [0, 0.1) is 0 Å². The standard InChI is InChI=1S/C20H16N4O2/c1-14(25)13-15-7-5-10-17(21-15)19-22-20(18-11-6-12-24(18)23-19)26-16-8-3-2-4-9-16/h2-12H,13H2,1H3. The Morgan fingerprint density at radius 2 is 1.85 bits per heavy atom. The van der Waals surface area contributed by atoms with E-state index in [0.29, 0.717) is 28.8 Å². The molecule has 0 aliphatic heterocycles. The summed E-state index contributed by atoms with van der Waals surface area (Å²) < 4.78 is 7.66. The van der Waals surface area contributed by atoms with E-state index in [1.54, 1.807) is 11.4 Å². The lowest BCUT2D eigenvalue weighted by molar-refractivity contribution is -0.116. The van der Waals surface area contributed by atoms with Crippen LogP contribution in [-0.4, -0.2) is 25.4 Å². The minimum atomic E-state index is 0.0598. The smallest absolute Gasteiger partial charge is 0.247 e. The van der Waals surface area contributed by atoms with Crippen molar-refractivity contribution in [2.75, 3.05) is 0 Å². The molecule has 26 heavy (non-hydrogen) atoms. The second kappa shape index (κ2) is 6.76. The van der Waals surface area contributed by atoms with Crippen LogP contribution < -0.4 is 4.74 Å². The number of ketones is 1. The molecule has 0 bridgehead atoms. The van der Waals surface area contributed by atoms with Crippen molar-refractivity contribution in [1.82, 2.24) is 19.6 Å². The fraction of sp³-hybridized carbons (Fsp3) is 0.100. The summed E-state index contributed by atoms with van der Waals surface area (Å²) in [5, 5.41) is 4.51. The summed E-state index contributed by atoms with van der Waals surface area (Å²) in [5.74, 6) is 1.64. The van der Waals surface area contributed by atoms with Crippen LogP contribution in [0.3, 0.4) is 0 Å². The van der Waals surface area contributed by atoms with Crippen molar-refractivity contribution in [3.63, 3.8) is 0 Å². The lowest BCUT2D eigenvalue weighted by Gasteiger charge is -2.09. The highest BCUT2D eigenvalue weighted by atomic mass is 16.5. The van der Waals surface area contributed by atoms with Gasteiger partial charge in [-0.3, -0.25) is 4.79 Å². The second-order valence-corrected chi connectivity index (χ2v) is 5.89. The number of pyridine rings is 1. The molecule has 0 aliphatic rings. The van der Waals surface area contributed by atoms with E-state index in [1.807, 2.05) is 66.9 Å². The number of carbonyl (C=O) groups excluding carboxylic acids is 1. The molecule has 0 fully saturated rings. The predicted molar refractivity (Wildman–Crippen MR) is 97.1 cm³/mol. The number of ether oxygens (including phenoxy) is 1. The van der Waals surface area contributed by atoms with Crippen LogP contribution in [-0.2, 0) is 11.2 Å². The maximum Gasteiger partial charge on any atom is 0.247 e. The van der Waals surface area contributed by atoms with E-state index in [4.69, 9.17) is 4.74 Å². The molecule has 0 radical (unpaired) electrons. The van der Waals surface area contributed by atoms with E-state index in [-0.39, 0.29) is 12.2 Å². The lowest BCUT2D eigenvalue weighted by Crippen LogP contribution is -2.04. The molecule has 4 aromatic rings. The van der Waals surface area contributed by atoms with Crippen LogP contribution in [0.5, 0.6) is 11.6 Å². The highest BCUT2D eigenvalue weighted by molar-refractivity contribution is 5.77. The van der Waals surface area contributed by atoms with Crippen LogP contribution in [0.1, 0.15) is 12.6 Å². The number of nitrogens with zero attached hydrogens (tertiary/aromatic N) is 4. The quantitative estimate of drug-likeness (QED) is 0.552. The van der Waals surface area contributed by atoms with Crippen molar-refractivity contribution >= 4 is 11.3 Å². The van der Waals surface area contributed by atoms with E-state index in [9.17, 15) is 4.79 Å². The van der Waals surface area contributed by atoms with E-state index >= 15 is 0 Å². The fourth-order valence-electron chi connectivity index (χ4n) is 2.65. The molecule has 0 saturated heterocycles. The summed E-state index contributed by atoms with van der Waals surface area (Å²) in [6.45, 7) is 1.54. The van der Waals surface area contributed by atoms with Gasteiger partial charge in [-0.2, -0.15) is 4.98 Å². The number of rotatable bonds is 5. The Morgan fingerprint density at radius 3 is 2.65 bits per heavy atom. The van der Waals surface area contributed by atoms with Gasteiger partial charge in [-0.25, -0.2) is 9.50 Å². The van der Waals surface area contributed by atoms with Gasteiger partial charge in [-0.15, -0.1) is 5.10 Å². The second-order valence-electron chi connectivity index (χ2n) is 5.89. The SMILES string of the molecule is CC(=O)Cc1cccc(-c2nc(Oc3ccccc3)c3cccn3n2)n1. The van der Waals surface area contributed by atoms with Gasteiger partial charge in [-0.1, -0.05) is 24.3 Å². The monoisotopic (exact) mass is 344 g/mol. The number of aromatic nitrogens is 4. The van der Waals surface area contributed by atoms with Gasteiger partial charge in [0.15, 0.2) is 0 Å². The van der Waals surface area contributed by atoms with Crippen molar-refractivity contribution in [2.45, 2.75) is 13.3 Å². The summed E-state index contributed by atoms with van der Waals surface area (Å²) >= 11 is 0. The van der Waals surface area contributed by atoms with Gasteiger partial charge < -0.3 is 4.74 Å². The summed E-state index contributed by atoms with van der Waals surface area (Å²) in [4.78, 5) is 20.4. The third kappa shape index (κ3) is 3.30. The minimum absolute atomic E-state index is 0.0598. The molecule has 0 unspecified atom stereocenters.